The van der Waals surface area contributed by atoms with E-state index in [1.54, 1.807) is 4.31 Å². The van der Waals surface area contributed by atoms with E-state index in [4.69, 9.17) is 0 Å². The normalized spacial score (nSPS) is 26.2. The highest BCUT2D eigenvalue weighted by Crippen LogP contribution is 2.20. The summed E-state index contributed by atoms with van der Waals surface area (Å²) in [5, 5.41) is 0. The van der Waals surface area contributed by atoms with Crippen molar-refractivity contribution in [3.05, 3.63) is 0 Å². The highest BCUT2D eigenvalue weighted by Gasteiger charge is 2.28. The molecule has 1 rings (SSSR count). The van der Waals surface area contributed by atoms with Crippen LogP contribution in [0.25, 0.3) is 0 Å². The van der Waals surface area contributed by atoms with Gasteiger partial charge < -0.3 is 0 Å². The summed E-state index contributed by atoms with van der Waals surface area (Å²) in [6.07, 6.45) is 3.92. The summed E-state index contributed by atoms with van der Waals surface area (Å²) in [6, 6.07) is 0.213. The minimum atomic E-state index is -2.95. The first-order chi connectivity index (χ1) is 6.08. The molecule has 0 spiro atoms. The Hall–Kier alpha value is -0.0900. The van der Waals surface area contributed by atoms with Crippen LogP contribution in [0.2, 0.25) is 0 Å². The number of piperidine rings is 1. The first-order valence-corrected chi connectivity index (χ1v) is 6.68. The molecule has 0 radical (unpaired) electrons. The van der Waals surface area contributed by atoms with Crippen molar-refractivity contribution in [2.45, 2.75) is 45.6 Å². The molecule has 1 aliphatic rings. The molecule has 4 heteroatoms. The summed E-state index contributed by atoms with van der Waals surface area (Å²) < 4.78 is 25.1. The van der Waals surface area contributed by atoms with Crippen LogP contribution in [-0.4, -0.2) is 31.1 Å². The van der Waals surface area contributed by atoms with Crippen LogP contribution >= 0.6 is 0 Å². The van der Waals surface area contributed by atoms with Gasteiger partial charge in [0.25, 0.3) is 0 Å². The molecule has 0 bridgehead atoms. The lowest BCUT2D eigenvalue weighted by molar-refractivity contribution is 0.268. The van der Waals surface area contributed by atoms with Crippen LogP contribution in [0.1, 0.15) is 39.5 Å². The Morgan fingerprint density at radius 3 is 2.62 bits per heavy atom. The zero-order valence-electron chi connectivity index (χ0n) is 8.49. The first-order valence-electron chi connectivity index (χ1n) is 5.07. The maximum atomic E-state index is 11.7. The molecule has 0 saturated carbocycles. The Bertz CT molecular complexity index is 248. The molecule has 1 saturated heterocycles. The monoisotopic (exact) mass is 205 g/mol. The summed E-state index contributed by atoms with van der Waals surface area (Å²) >= 11 is 0. The van der Waals surface area contributed by atoms with E-state index in [0.29, 0.717) is 12.2 Å². The minimum absolute atomic E-state index is 0.213. The SMILES string of the molecule is CCCS(=O)(=O)N1CCCCC1C. The lowest BCUT2D eigenvalue weighted by Gasteiger charge is -2.32. The van der Waals surface area contributed by atoms with Crippen molar-refractivity contribution < 1.29 is 8.42 Å². The van der Waals surface area contributed by atoms with Crippen LogP contribution in [0.3, 0.4) is 0 Å². The van der Waals surface area contributed by atoms with Gasteiger partial charge in [-0.25, -0.2) is 8.42 Å². The van der Waals surface area contributed by atoms with Gasteiger partial charge in [-0.3, -0.25) is 0 Å². The quantitative estimate of drug-likeness (QED) is 0.702. The second-order valence-electron chi connectivity index (χ2n) is 3.77. The summed E-state index contributed by atoms with van der Waals surface area (Å²) in [7, 11) is -2.95. The molecule has 0 aliphatic carbocycles. The van der Waals surface area contributed by atoms with Crippen molar-refractivity contribution in [2.75, 3.05) is 12.3 Å². The molecule has 3 nitrogen and oxygen atoms in total. The number of sulfonamides is 1. The second kappa shape index (κ2) is 4.42. The predicted octanol–water partition coefficient (Wildman–Crippen LogP) is 1.60. The Labute approximate surface area is 81.2 Å². The summed E-state index contributed by atoms with van der Waals surface area (Å²) in [6.45, 7) is 4.64. The van der Waals surface area contributed by atoms with Crippen LogP contribution < -0.4 is 0 Å². The third-order valence-electron chi connectivity index (χ3n) is 2.56. The van der Waals surface area contributed by atoms with Gasteiger partial charge in [0, 0.05) is 12.6 Å². The molecule has 0 N–H and O–H groups in total. The molecule has 1 aliphatic heterocycles. The average Bonchev–Trinajstić information content (AvgIpc) is 2.04. The maximum Gasteiger partial charge on any atom is 0.214 e. The maximum absolute atomic E-state index is 11.7. The van der Waals surface area contributed by atoms with Crippen molar-refractivity contribution >= 4 is 10.0 Å². The van der Waals surface area contributed by atoms with E-state index in [9.17, 15) is 8.42 Å². The molecule has 0 amide bonds. The molecular formula is C9H19NO2S. The second-order valence-corrected chi connectivity index (χ2v) is 5.81. The van der Waals surface area contributed by atoms with Crippen LogP contribution in [-0.2, 0) is 10.0 Å². The zero-order chi connectivity index (χ0) is 9.90. The molecule has 0 aromatic rings. The van der Waals surface area contributed by atoms with Gasteiger partial charge in [0.05, 0.1) is 5.75 Å². The molecule has 1 heterocycles. The van der Waals surface area contributed by atoms with Gasteiger partial charge in [-0.05, 0) is 26.2 Å². The van der Waals surface area contributed by atoms with E-state index in [1.807, 2.05) is 13.8 Å². The minimum Gasteiger partial charge on any atom is -0.212 e. The van der Waals surface area contributed by atoms with E-state index < -0.39 is 10.0 Å². The van der Waals surface area contributed by atoms with Crippen molar-refractivity contribution in [2.24, 2.45) is 0 Å². The largest absolute Gasteiger partial charge is 0.214 e. The van der Waals surface area contributed by atoms with E-state index >= 15 is 0 Å². The summed E-state index contributed by atoms with van der Waals surface area (Å²) in [5.41, 5.74) is 0. The van der Waals surface area contributed by atoms with Gasteiger partial charge in [-0.15, -0.1) is 0 Å². The van der Waals surface area contributed by atoms with E-state index in [-0.39, 0.29) is 6.04 Å². The van der Waals surface area contributed by atoms with Gasteiger partial charge in [-0.1, -0.05) is 13.3 Å². The number of rotatable bonds is 3. The van der Waals surface area contributed by atoms with Gasteiger partial charge in [0.1, 0.15) is 0 Å². The first kappa shape index (κ1) is 11.0. The predicted molar refractivity (Wildman–Crippen MR) is 54.1 cm³/mol. The van der Waals surface area contributed by atoms with Crippen LogP contribution in [0.15, 0.2) is 0 Å². The molecule has 1 unspecified atom stereocenters. The van der Waals surface area contributed by atoms with Gasteiger partial charge >= 0.3 is 0 Å². The molecule has 1 fully saturated rings. The fraction of sp³-hybridized carbons (Fsp3) is 1.00. The third kappa shape index (κ3) is 2.68. The standard InChI is InChI=1S/C9H19NO2S/c1-3-8-13(11,12)10-7-5-4-6-9(10)2/h9H,3-8H2,1-2H3. The molecule has 13 heavy (non-hydrogen) atoms. The Morgan fingerprint density at radius 1 is 1.38 bits per heavy atom. The molecule has 0 aromatic carbocycles. The van der Waals surface area contributed by atoms with E-state index in [0.717, 1.165) is 19.4 Å². The number of hydrogen-bond acceptors (Lipinski definition) is 2. The highest BCUT2D eigenvalue weighted by atomic mass is 32.2. The van der Waals surface area contributed by atoms with Crippen LogP contribution in [0.5, 0.6) is 0 Å². The third-order valence-corrected chi connectivity index (χ3v) is 4.74. The van der Waals surface area contributed by atoms with Crippen molar-refractivity contribution in [1.29, 1.82) is 0 Å². The fourth-order valence-corrected chi connectivity index (χ4v) is 3.67. The zero-order valence-corrected chi connectivity index (χ0v) is 9.31. The Kier molecular flexibility index (Phi) is 3.74. The van der Waals surface area contributed by atoms with Crippen molar-refractivity contribution in [3.63, 3.8) is 0 Å². The summed E-state index contributed by atoms with van der Waals surface area (Å²) in [4.78, 5) is 0. The van der Waals surface area contributed by atoms with E-state index in [2.05, 4.69) is 0 Å². The molecular weight excluding hydrogens is 186 g/mol. The van der Waals surface area contributed by atoms with Crippen molar-refractivity contribution in [3.8, 4) is 0 Å². The Morgan fingerprint density at radius 2 is 2.08 bits per heavy atom. The van der Waals surface area contributed by atoms with Gasteiger partial charge in [0.2, 0.25) is 10.0 Å². The van der Waals surface area contributed by atoms with Crippen LogP contribution in [0, 0.1) is 0 Å². The highest BCUT2D eigenvalue weighted by molar-refractivity contribution is 7.89. The number of hydrogen-bond donors (Lipinski definition) is 0. The van der Waals surface area contributed by atoms with E-state index in [1.165, 1.54) is 6.42 Å². The molecule has 0 aromatic heterocycles. The number of nitrogens with zero attached hydrogens (tertiary/aromatic N) is 1. The Balaban J connectivity index is 2.68. The van der Waals surface area contributed by atoms with Crippen molar-refractivity contribution in [1.82, 2.24) is 4.31 Å². The topological polar surface area (TPSA) is 37.4 Å². The fourth-order valence-electron chi connectivity index (χ4n) is 1.86. The lowest BCUT2D eigenvalue weighted by atomic mass is 10.1. The molecule has 78 valence electrons. The van der Waals surface area contributed by atoms with Crippen LogP contribution in [0.4, 0.5) is 0 Å². The molecule has 1 atom stereocenters. The van der Waals surface area contributed by atoms with Gasteiger partial charge in [-0.2, -0.15) is 4.31 Å². The summed E-state index contributed by atoms with van der Waals surface area (Å²) in [5.74, 6) is 0.303. The smallest absolute Gasteiger partial charge is 0.212 e. The van der Waals surface area contributed by atoms with Gasteiger partial charge in [0.15, 0.2) is 0 Å². The average molecular weight is 205 g/mol. The lowest BCUT2D eigenvalue weighted by Crippen LogP contribution is -2.43.